The molecule has 0 spiro atoms. The minimum Gasteiger partial charge on any atom is -0.453 e. The molecular weight excluding hydrogens is 232 g/mol. The lowest BCUT2D eigenvalue weighted by atomic mass is 10.2. The maximum Gasteiger partial charge on any atom is 0.179 e. The van der Waals surface area contributed by atoms with Crippen LogP contribution in [0, 0.1) is 6.92 Å². The van der Waals surface area contributed by atoms with Crippen LogP contribution in [0.1, 0.15) is 5.69 Å². The SMILES string of the molecule is Cc1ccc(Oc2ccc(N)c3nonc23)cn1. The summed E-state index contributed by atoms with van der Waals surface area (Å²) >= 11 is 0. The molecule has 1 aromatic carbocycles. The summed E-state index contributed by atoms with van der Waals surface area (Å²) in [4.78, 5) is 4.15. The van der Waals surface area contributed by atoms with Crippen LogP contribution in [0.25, 0.3) is 11.0 Å². The second-order valence-corrected chi connectivity index (χ2v) is 3.85. The monoisotopic (exact) mass is 242 g/mol. The van der Waals surface area contributed by atoms with E-state index in [4.69, 9.17) is 10.5 Å². The first kappa shape index (κ1) is 10.5. The van der Waals surface area contributed by atoms with Gasteiger partial charge in [0.15, 0.2) is 16.8 Å². The number of nitrogens with zero attached hydrogens (tertiary/aromatic N) is 3. The van der Waals surface area contributed by atoms with Crippen LogP contribution in [-0.2, 0) is 0 Å². The second-order valence-electron chi connectivity index (χ2n) is 3.85. The summed E-state index contributed by atoms with van der Waals surface area (Å²) in [5.41, 5.74) is 8.17. The van der Waals surface area contributed by atoms with Gasteiger partial charge in [-0.3, -0.25) is 4.98 Å². The van der Waals surface area contributed by atoms with Crippen molar-refractivity contribution in [3.8, 4) is 11.5 Å². The Morgan fingerprint density at radius 3 is 2.72 bits per heavy atom. The number of aromatic nitrogens is 3. The summed E-state index contributed by atoms with van der Waals surface area (Å²) in [6.07, 6.45) is 1.64. The first-order valence-corrected chi connectivity index (χ1v) is 5.35. The predicted molar refractivity (Wildman–Crippen MR) is 65.3 cm³/mol. The Kier molecular flexibility index (Phi) is 2.33. The van der Waals surface area contributed by atoms with Crippen molar-refractivity contribution in [3.05, 3.63) is 36.2 Å². The summed E-state index contributed by atoms with van der Waals surface area (Å²) in [6.45, 7) is 1.91. The number of anilines is 1. The van der Waals surface area contributed by atoms with E-state index in [-0.39, 0.29) is 0 Å². The van der Waals surface area contributed by atoms with Gasteiger partial charge >= 0.3 is 0 Å². The molecule has 2 aromatic heterocycles. The number of ether oxygens (including phenoxy) is 1. The zero-order valence-electron chi connectivity index (χ0n) is 9.62. The average Bonchev–Trinajstić information content (AvgIpc) is 2.86. The number of nitrogen functional groups attached to an aromatic ring is 1. The molecule has 0 unspecified atom stereocenters. The van der Waals surface area contributed by atoms with Crippen molar-refractivity contribution in [1.82, 2.24) is 15.3 Å². The maximum atomic E-state index is 5.75. The fourth-order valence-electron chi connectivity index (χ4n) is 1.59. The van der Waals surface area contributed by atoms with Crippen molar-refractivity contribution >= 4 is 16.7 Å². The maximum absolute atomic E-state index is 5.75. The van der Waals surface area contributed by atoms with E-state index >= 15 is 0 Å². The molecule has 0 aliphatic heterocycles. The molecule has 0 radical (unpaired) electrons. The zero-order valence-corrected chi connectivity index (χ0v) is 9.62. The van der Waals surface area contributed by atoms with E-state index in [2.05, 4.69) is 19.9 Å². The van der Waals surface area contributed by atoms with Crippen LogP contribution in [0.2, 0.25) is 0 Å². The van der Waals surface area contributed by atoms with Crippen molar-refractivity contribution < 1.29 is 9.37 Å². The van der Waals surface area contributed by atoms with Crippen molar-refractivity contribution in [1.29, 1.82) is 0 Å². The topological polar surface area (TPSA) is 87.1 Å². The molecule has 3 aromatic rings. The molecule has 18 heavy (non-hydrogen) atoms. The quantitative estimate of drug-likeness (QED) is 0.694. The van der Waals surface area contributed by atoms with E-state index in [9.17, 15) is 0 Å². The van der Waals surface area contributed by atoms with Crippen LogP contribution >= 0.6 is 0 Å². The van der Waals surface area contributed by atoms with Gasteiger partial charge in [-0.2, -0.15) is 0 Å². The molecule has 90 valence electrons. The van der Waals surface area contributed by atoms with Crippen LogP contribution in [0.15, 0.2) is 35.1 Å². The highest BCUT2D eigenvalue weighted by molar-refractivity contribution is 5.90. The first-order valence-electron chi connectivity index (χ1n) is 5.35. The van der Waals surface area contributed by atoms with Crippen molar-refractivity contribution in [3.63, 3.8) is 0 Å². The Morgan fingerprint density at radius 1 is 1.11 bits per heavy atom. The molecule has 0 atom stereocenters. The van der Waals surface area contributed by atoms with Gasteiger partial charge in [0.25, 0.3) is 0 Å². The zero-order chi connectivity index (χ0) is 12.5. The standard InChI is InChI=1S/C12H10N4O2/c1-7-2-3-8(6-14-7)17-10-5-4-9(13)11-12(10)16-18-15-11/h2-6H,13H2,1H3. The Labute approximate surface area is 102 Å². The van der Waals surface area contributed by atoms with Crippen molar-refractivity contribution in [2.45, 2.75) is 6.92 Å². The van der Waals surface area contributed by atoms with Crippen molar-refractivity contribution in [2.75, 3.05) is 5.73 Å². The normalized spacial score (nSPS) is 10.7. The Hall–Kier alpha value is -2.63. The Bertz CT molecular complexity index is 691. The second kappa shape index (κ2) is 3.99. The molecular formula is C12H10N4O2. The van der Waals surface area contributed by atoms with E-state index in [1.54, 1.807) is 18.3 Å². The molecule has 0 bridgehead atoms. The highest BCUT2D eigenvalue weighted by atomic mass is 16.6. The fraction of sp³-hybridized carbons (Fsp3) is 0.0833. The molecule has 0 fully saturated rings. The number of nitrogens with two attached hydrogens (primary N) is 1. The van der Waals surface area contributed by atoms with Gasteiger partial charge in [-0.25, -0.2) is 4.63 Å². The largest absolute Gasteiger partial charge is 0.453 e. The summed E-state index contributed by atoms with van der Waals surface area (Å²) < 4.78 is 10.3. The number of pyridine rings is 1. The predicted octanol–water partition coefficient (Wildman–Crippen LogP) is 2.30. The highest BCUT2D eigenvalue weighted by Gasteiger charge is 2.11. The molecule has 0 aliphatic rings. The van der Waals surface area contributed by atoms with Crippen LogP contribution < -0.4 is 10.5 Å². The minimum atomic E-state index is 0.493. The number of benzene rings is 1. The molecule has 3 rings (SSSR count). The molecule has 0 saturated heterocycles. The minimum absolute atomic E-state index is 0.493. The van der Waals surface area contributed by atoms with Gasteiger partial charge in [0.1, 0.15) is 5.75 Å². The molecule has 0 aliphatic carbocycles. The summed E-state index contributed by atoms with van der Waals surface area (Å²) in [6, 6.07) is 7.12. The average molecular weight is 242 g/mol. The lowest BCUT2D eigenvalue weighted by Crippen LogP contribution is -1.91. The van der Waals surface area contributed by atoms with Crippen LogP contribution in [0.5, 0.6) is 11.5 Å². The van der Waals surface area contributed by atoms with Crippen LogP contribution in [0.4, 0.5) is 5.69 Å². The molecule has 6 nitrogen and oxygen atoms in total. The van der Waals surface area contributed by atoms with Gasteiger partial charge in [0.2, 0.25) is 0 Å². The molecule has 2 N–H and O–H groups in total. The summed E-state index contributed by atoms with van der Waals surface area (Å²) in [5.74, 6) is 1.15. The third-order valence-corrected chi connectivity index (χ3v) is 2.52. The third kappa shape index (κ3) is 1.73. The van der Waals surface area contributed by atoms with E-state index in [0.29, 0.717) is 28.2 Å². The van der Waals surface area contributed by atoms with Gasteiger partial charge in [0, 0.05) is 5.69 Å². The molecule has 0 saturated carbocycles. The first-order chi connectivity index (χ1) is 8.74. The van der Waals surface area contributed by atoms with Gasteiger partial charge in [-0.05, 0) is 41.5 Å². The van der Waals surface area contributed by atoms with Gasteiger partial charge in [0.05, 0.1) is 11.9 Å². The van der Waals surface area contributed by atoms with Crippen molar-refractivity contribution in [2.24, 2.45) is 0 Å². The number of hydrogen-bond acceptors (Lipinski definition) is 6. The van der Waals surface area contributed by atoms with E-state index in [1.807, 2.05) is 19.1 Å². The Morgan fingerprint density at radius 2 is 1.94 bits per heavy atom. The van der Waals surface area contributed by atoms with Gasteiger partial charge < -0.3 is 10.5 Å². The number of rotatable bonds is 2. The lowest BCUT2D eigenvalue weighted by Gasteiger charge is -2.05. The third-order valence-electron chi connectivity index (χ3n) is 2.52. The van der Waals surface area contributed by atoms with Crippen LogP contribution in [-0.4, -0.2) is 15.3 Å². The van der Waals surface area contributed by atoms with Gasteiger partial charge in [-0.15, -0.1) is 0 Å². The molecule has 6 heteroatoms. The lowest BCUT2D eigenvalue weighted by molar-refractivity contribution is 0.314. The Balaban J connectivity index is 2.02. The van der Waals surface area contributed by atoms with E-state index in [1.165, 1.54) is 0 Å². The smallest absolute Gasteiger partial charge is 0.179 e. The number of aryl methyl sites for hydroxylation is 1. The van der Waals surface area contributed by atoms with Crippen LogP contribution in [0.3, 0.4) is 0 Å². The van der Waals surface area contributed by atoms with E-state index in [0.717, 1.165) is 5.69 Å². The van der Waals surface area contributed by atoms with E-state index < -0.39 is 0 Å². The number of hydrogen-bond donors (Lipinski definition) is 1. The summed E-state index contributed by atoms with van der Waals surface area (Å²) in [7, 11) is 0. The summed E-state index contributed by atoms with van der Waals surface area (Å²) in [5, 5.41) is 7.51. The molecule has 0 amide bonds. The van der Waals surface area contributed by atoms with Gasteiger partial charge in [-0.1, -0.05) is 0 Å². The number of fused-ring (bicyclic) bond motifs is 1. The highest BCUT2D eigenvalue weighted by Crippen LogP contribution is 2.30. The fourth-order valence-corrected chi connectivity index (χ4v) is 1.59. The molecule has 2 heterocycles.